The minimum absolute atomic E-state index is 0.135. The van der Waals surface area contributed by atoms with Crippen molar-refractivity contribution in [2.45, 2.75) is 45.8 Å². The summed E-state index contributed by atoms with van der Waals surface area (Å²) in [6, 6.07) is 17.8. The van der Waals surface area contributed by atoms with Gasteiger partial charge in [-0.1, -0.05) is 36.4 Å². The molecular formula is C28H28N2O4S. The van der Waals surface area contributed by atoms with Crippen LogP contribution in [0.25, 0.3) is 10.9 Å². The molecule has 1 N–H and O–H groups in total. The SMILES string of the molecule is CCOC(=O)c1c(NC(=O)Cn2ccc3c(OCc4ccccc4)cccc32)sc2c1CCCC2. The lowest BCUT2D eigenvalue weighted by atomic mass is 9.95. The van der Waals surface area contributed by atoms with E-state index in [9.17, 15) is 9.59 Å². The largest absolute Gasteiger partial charge is 0.488 e. The first-order valence-electron chi connectivity index (χ1n) is 12.0. The Labute approximate surface area is 208 Å². The number of hydrogen-bond donors (Lipinski definition) is 1. The van der Waals surface area contributed by atoms with Gasteiger partial charge in [-0.05, 0) is 61.9 Å². The van der Waals surface area contributed by atoms with Gasteiger partial charge in [0.05, 0.1) is 17.7 Å². The third-order valence-corrected chi connectivity index (χ3v) is 7.44. The molecule has 0 bridgehead atoms. The fraction of sp³-hybridized carbons (Fsp3) is 0.286. The molecule has 1 aliphatic carbocycles. The number of nitrogens with one attached hydrogen (secondary N) is 1. The van der Waals surface area contributed by atoms with Gasteiger partial charge in [0.2, 0.25) is 5.91 Å². The number of amides is 1. The minimum Gasteiger partial charge on any atom is -0.488 e. The van der Waals surface area contributed by atoms with Gasteiger partial charge in [0.15, 0.2) is 0 Å². The van der Waals surface area contributed by atoms with Crippen LogP contribution in [-0.4, -0.2) is 23.1 Å². The van der Waals surface area contributed by atoms with Gasteiger partial charge in [0.1, 0.15) is 23.9 Å². The lowest BCUT2D eigenvalue weighted by molar-refractivity contribution is -0.116. The molecule has 1 aliphatic rings. The summed E-state index contributed by atoms with van der Waals surface area (Å²) < 4.78 is 13.3. The fourth-order valence-corrected chi connectivity index (χ4v) is 5.88. The molecule has 0 aliphatic heterocycles. The van der Waals surface area contributed by atoms with Crippen LogP contribution in [-0.2, 0) is 35.5 Å². The smallest absolute Gasteiger partial charge is 0.341 e. The lowest BCUT2D eigenvalue weighted by Crippen LogP contribution is -2.19. The number of fused-ring (bicyclic) bond motifs is 2. The Kier molecular flexibility index (Phi) is 6.86. The van der Waals surface area contributed by atoms with Gasteiger partial charge in [0.25, 0.3) is 0 Å². The lowest BCUT2D eigenvalue weighted by Gasteiger charge is -2.12. The van der Waals surface area contributed by atoms with Crippen molar-refractivity contribution in [3.8, 4) is 5.75 Å². The molecule has 0 saturated carbocycles. The molecule has 6 nitrogen and oxygen atoms in total. The third-order valence-electron chi connectivity index (χ3n) is 6.23. The zero-order valence-electron chi connectivity index (χ0n) is 19.7. The molecule has 0 radical (unpaired) electrons. The summed E-state index contributed by atoms with van der Waals surface area (Å²) in [5.74, 6) is 0.247. The van der Waals surface area contributed by atoms with E-state index in [2.05, 4.69) is 5.32 Å². The Morgan fingerprint density at radius 1 is 1.03 bits per heavy atom. The zero-order valence-corrected chi connectivity index (χ0v) is 20.5. The van der Waals surface area contributed by atoms with Gasteiger partial charge in [-0.15, -0.1) is 11.3 Å². The molecule has 180 valence electrons. The number of nitrogens with zero attached hydrogens (tertiary/aromatic N) is 1. The molecule has 2 aromatic heterocycles. The van der Waals surface area contributed by atoms with E-state index in [-0.39, 0.29) is 18.4 Å². The molecule has 0 atom stereocenters. The topological polar surface area (TPSA) is 69.6 Å². The molecule has 5 rings (SSSR count). The van der Waals surface area contributed by atoms with Crippen LogP contribution in [0.3, 0.4) is 0 Å². The average molecular weight is 489 g/mol. The van der Waals surface area contributed by atoms with Crippen LogP contribution in [0.2, 0.25) is 0 Å². The molecule has 2 aromatic carbocycles. The number of thiophene rings is 1. The first kappa shape index (κ1) is 23.2. The van der Waals surface area contributed by atoms with E-state index in [4.69, 9.17) is 9.47 Å². The highest BCUT2D eigenvalue weighted by molar-refractivity contribution is 7.17. The summed E-state index contributed by atoms with van der Waals surface area (Å²) in [5, 5.41) is 4.55. The second-order valence-corrected chi connectivity index (χ2v) is 9.70. The Balaban J connectivity index is 1.33. The average Bonchev–Trinajstić information content (AvgIpc) is 3.44. The zero-order chi connectivity index (χ0) is 24.2. The highest BCUT2D eigenvalue weighted by atomic mass is 32.1. The molecule has 0 unspecified atom stereocenters. The molecular weight excluding hydrogens is 460 g/mol. The van der Waals surface area contributed by atoms with E-state index in [1.165, 1.54) is 16.2 Å². The molecule has 1 amide bonds. The van der Waals surface area contributed by atoms with Gasteiger partial charge >= 0.3 is 5.97 Å². The first-order valence-corrected chi connectivity index (χ1v) is 12.8. The summed E-state index contributed by atoms with van der Waals surface area (Å²) in [6.07, 6.45) is 5.84. The van der Waals surface area contributed by atoms with Crippen molar-refractivity contribution in [1.82, 2.24) is 4.57 Å². The number of ether oxygens (including phenoxy) is 2. The van der Waals surface area contributed by atoms with Crippen LogP contribution < -0.4 is 10.1 Å². The number of carbonyl (C=O) groups excluding carboxylic acids is 2. The summed E-state index contributed by atoms with van der Waals surface area (Å²) in [7, 11) is 0. The molecule has 0 saturated heterocycles. The molecule has 4 aromatic rings. The van der Waals surface area contributed by atoms with Gasteiger partial charge < -0.3 is 19.4 Å². The number of hydrogen-bond acceptors (Lipinski definition) is 5. The molecule has 2 heterocycles. The Hall–Kier alpha value is -3.58. The second kappa shape index (κ2) is 10.4. The third kappa shape index (κ3) is 4.95. The number of anilines is 1. The Morgan fingerprint density at radius 2 is 1.86 bits per heavy atom. The van der Waals surface area contributed by atoms with Gasteiger partial charge in [-0.3, -0.25) is 4.79 Å². The number of esters is 1. The Bertz CT molecular complexity index is 1360. The molecule has 0 fully saturated rings. The maximum absolute atomic E-state index is 13.1. The highest BCUT2D eigenvalue weighted by Crippen LogP contribution is 2.38. The van der Waals surface area contributed by atoms with Crippen molar-refractivity contribution in [2.75, 3.05) is 11.9 Å². The van der Waals surface area contributed by atoms with Gasteiger partial charge in [0, 0.05) is 16.5 Å². The van der Waals surface area contributed by atoms with E-state index in [0.717, 1.165) is 53.5 Å². The van der Waals surface area contributed by atoms with Crippen LogP contribution in [0.15, 0.2) is 60.8 Å². The number of benzene rings is 2. The summed E-state index contributed by atoms with van der Waals surface area (Å²) in [5.41, 5.74) is 3.59. The van der Waals surface area contributed by atoms with Crippen molar-refractivity contribution < 1.29 is 19.1 Å². The van der Waals surface area contributed by atoms with E-state index >= 15 is 0 Å². The van der Waals surface area contributed by atoms with E-state index in [0.29, 0.717) is 23.8 Å². The van der Waals surface area contributed by atoms with Crippen LogP contribution in [0.5, 0.6) is 5.75 Å². The predicted octanol–water partition coefficient (Wildman–Crippen LogP) is 5.98. The van der Waals surface area contributed by atoms with Crippen molar-refractivity contribution in [3.63, 3.8) is 0 Å². The van der Waals surface area contributed by atoms with Crippen molar-refractivity contribution >= 4 is 39.1 Å². The normalized spacial score (nSPS) is 12.8. The number of rotatable bonds is 8. The van der Waals surface area contributed by atoms with E-state index in [1.807, 2.05) is 65.4 Å². The standard InChI is InChI=1S/C28H28N2O4S/c1-2-33-28(32)26-21-11-6-7-14-24(21)35-27(26)29-25(31)17-30-16-15-20-22(30)12-8-13-23(20)34-18-19-9-4-3-5-10-19/h3-5,8-10,12-13,15-16H,2,6-7,11,14,17-18H2,1H3,(H,29,31). The second-order valence-electron chi connectivity index (χ2n) is 8.59. The van der Waals surface area contributed by atoms with E-state index in [1.54, 1.807) is 6.92 Å². The molecule has 7 heteroatoms. The maximum atomic E-state index is 13.1. The summed E-state index contributed by atoms with van der Waals surface area (Å²) >= 11 is 1.51. The number of carbonyl (C=O) groups is 2. The summed E-state index contributed by atoms with van der Waals surface area (Å²) in [4.78, 5) is 26.9. The number of aromatic nitrogens is 1. The van der Waals surface area contributed by atoms with Crippen molar-refractivity contribution in [2.24, 2.45) is 0 Å². The van der Waals surface area contributed by atoms with Crippen molar-refractivity contribution in [1.29, 1.82) is 0 Å². The molecule has 35 heavy (non-hydrogen) atoms. The van der Waals surface area contributed by atoms with Crippen LogP contribution in [0, 0.1) is 0 Å². The number of aryl methyl sites for hydroxylation is 1. The van der Waals surface area contributed by atoms with E-state index < -0.39 is 0 Å². The quantitative estimate of drug-likeness (QED) is 0.310. The molecule has 0 spiro atoms. The maximum Gasteiger partial charge on any atom is 0.341 e. The minimum atomic E-state index is -0.353. The van der Waals surface area contributed by atoms with Crippen LogP contribution in [0.1, 0.15) is 46.1 Å². The fourth-order valence-electron chi connectivity index (χ4n) is 4.59. The van der Waals surface area contributed by atoms with Crippen LogP contribution in [0.4, 0.5) is 5.00 Å². The first-order chi connectivity index (χ1) is 17.1. The highest BCUT2D eigenvalue weighted by Gasteiger charge is 2.27. The van der Waals surface area contributed by atoms with Gasteiger partial charge in [-0.2, -0.15) is 0 Å². The van der Waals surface area contributed by atoms with Crippen molar-refractivity contribution in [3.05, 3.63) is 82.4 Å². The monoisotopic (exact) mass is 488 g/mol. The Morgan fingerprint density at radius 3 is 2.69 bits per heavy atom. The van der Waals surface area contributed by atoms with Crippen LogP contribution >= 0.6 is 11.3 Å². The van der Waals surface area contributed by atoms with Gasteiger partial charge in [-0.25, -0.2) is 4.79 Å². The predicted molar refractivity (Wildman–Crippen MR) is 138 cm³/mol. The summed E-state index contributed by atoms with van der Waals surface area (Å²) in [6.45, 7) is 2.71.